The number of hydrogen-bond acceptors (Lipinski definition) is 5. The highest BCUT2D eigenvalue weighted by Crippen LogP contribution is 2.37. The minimum Gasteiger partial charge on any atom is -0.450 e. The number of carbonyl (C=O) groups excluding carboxylic acids is 2. The Hall–Kier alpha value is -1.99. The molecule has 0 aromatic heterocycles. The van der Waals surface area contributed by atoms with E-state index >= 15 is 0 Å². The number of hydrogen-bond donors (Lipinski definition) is 1. The van der Waals surface area contributed by atoms with E-state index in [0.29, 0.717) is 13.3 Å². The Kier molecular flexibility index (Phi) is 6.90. The summed E-state index contributed by atoms with van der Waals surface area (Å²) in [4.78, 5) is 31.7. The molecule has 1 spiro atoms. The largest absolute Gasteiger partial charge is 0.450 e. The van der Waals surface area contributed by atoms with E-state index in [-0.39, 0.29) is 30.6 Å². The summed E-state index contributed by atoms with van der Waals surface area (Å²) < 4.78 is 5.28. The molecule has 3 saturated heterocycles. The molecule has 4 rings (SSSR count). The number of para-hydroxylation sites is 1. The number of nitrogens with one attached hydrogen (secondary N) is 1. The van der Waals surface area contributed by atoms with Crippen LogP contribution in [0.25, 0.3) is 0 Å². The average molecular weight is 423 g/mol. The zero-order chi connectivity index (χ0) is 19.6. The Bertz CT molecular complexity index is 709. The first-order valence-electron chi connectivity index (χ1n) is 10.4. The van der Waals surface area contributed by atoms with Crippen molar-refractivity contribution in [2.45, 2.75) is 50.7 Å². The summed E-state index contributed by atoms with van der Waals surface area (Å²) in [6, 6.07) is 10.2. The summed E-state index contributed by atoms with van der Waals surface area (Å²) in [5.41, 5.74) is 0.599. The zero-order valence-corrected chi connectivity index (χ0v) is 17.8. The summed E-state index contributed by atoms with van der Waals surface area (Å²) in [6.07, 6.45) is 4.52. The van der Waals surface area contributed by atoms with Crippen LogP contribution in [-0.2, 0) is 9.53 Å². The van der Waals surface area contributed by atoms with Gasteiger partial charge in [-0.25, -0.2) is 4.79 Å². The molecule has 3 heterocycles. The number of likely N-dealkylation sites (tertiary alicyclic amines) is 2. The first-order chi connectivity index (χ1) is 13.7. The Balaban J connectivity index is 0.00000240. The van der Waals surface area contributed by atoms with E-state index < -0.39 is 5.54 Å². The van der Waals surface area contributed by atoms with Gasteiger partial charge in [0, 0.05) is 25.3 Å². The zero-order valence-electron chi connectivity index (χ0n) is 17.0. The molecule has 0 saturated carbocycles. The van der Waals surface area contributed by atoms with Crippen LogP contribution in [0.1, 0.15) is 39.0 Å². The van der Waals surface area contributed by atoms with E-state index in [9.17, 15) is 9.59 Å². The van der Waals surface area contributed by atoms with Crippen molar-refractivity contribution in [1.82, 2.24) is 15.1 Å². The number of rotatable bonds is 3. The number of anilines is 1. The predicted molar refractivity (Wildman–Crippen MR) is 114 cm³/mol. The molecule has 0 aliphatic carbocycles. The van der Waals surface area contributed by atoms with E-state index in [1.165, 1.54) is 0 Å². The first-order valence-corrected chi connectivity index (χ1v) is 10.4. The van der Waals surface area contributed by atoms with Crippen LogP contribution in [0, 0.1) is 0 Å². The van der Waals surface area contributed by atoms with Gasteiger partial charge in [-0.05, 0) is 51.2 Å². The fraction of sp³-hybridized carbons (Fsp3) is 0.619. The van der Waals surface area contributed by atoms with Gasteiger partial charge in [0.15, 0.2) is 0 Å². The lowest BCUT2D eigenvalue weighted by Crippen LogP contribution is -2.61. The van der Waals surface area contributed by atoms with Crippen LogP contribution in [-0.4, -0.2) is 66.4 Å². The maximum Gasteiger partial charge on any atom is 0.411 e. The molecule has 160 valence electrons. The number of benzene rings is 1. The third-order valence-electron chi connectivity index (χ3n) is 6.43. The maximum absolute atomic E-state index is 12.8. The SMILES string of the molecule is CCOC(=O)N1CCCCC1N1CCC2(CC1)C(=O)NCN2c1ccccc1.Cl. The number of ether oxygens (including phenoxy) is 1. The molecule has 2 amide bonds. The second-order valence-electron chi connectivity index (χ2n) is 7.86. The van der Waals surface area contributed by atoms with Gasteiger partial charge in [0.2, 0.25) is 5.91 Å². The van der Waals surface area contributed by atoms with Crippen molar-refractivity contribution in [3.8, 4) is 0 Å². The monoisotopic (exact) mass is 422 g/mol. The molecule has 29 heavy (non-hydrogen) atoms. The van der Waals surface area contributed by atoms with Crippen LogP contribution in [0.2, 0.25) is 0 Å². The fourth-order valence-electron chi connectivity index (χ4n) is 4.94. The van der Waals surface area contributed by atoms with Crippen LogP contribution in [0.3, 0.4) is 0 Å². The summed E-state index contributed by atoms with van der Waals surface area (Å²) >= 11 is 0. The summed E-state index contributed by atoms with van der Waals surface area (Å²) in [5.74, 6) is 0.127. The van der Waals surface area contributed by atoms with Crippen molar-refractivity contribution >= 4 is 30.1 Å². The molecule has 1 unspecified atom stereocenters. The van der Waals surface area contributed by atoms with Gasteiger partial charge in [-0.1, -0.05) is 18.2 Å². The lowest BCUT2D eigenvalue weighted by Gasteiger charge is -2.48. The smallest absolute Gasteiger partial charge is 0.411 e. The number of halogens is 1. The normalized spacial score (nSPS) is 24.2. The molecular formula is C21H31ClN4O3. The van der Waals surface area contributed by atoms with Crippen molar-refractivity contribution in [1.29, 1.82) is 0 Å². The highest BCUT2D eigenvalue weighted by atomic mass is 35.5. The van der Waals surface area contributed by atoms with Crippen LogP contribution in [0.5, 0.6) is 0 Å². The number of amides is 2. The van der Waals surface area contributed by atoms with E-state index in [1.807, 2.05) is 30.0 Å². The van der Waals surface area contributed by atoms with E-state index in [1.54, 1.807) is 0 Å². The average Bonchev–Trinajstić information content (AvgIpc) is 3.05. The van der Waals surface area contributed by atoms with Crippen molar-refractivity contribution in [3.05, 3.63) is 30.3 Å². The van der Waals surface area contributed by atoms with Gasteiger partial charge in [0.05, 0.1) is 19.4 Å². The van der Waals surface area contributed by atoms with Gasteiger partial charge in [-0.3, -0.25) is 14.6 Å². The van der Waals surface area contributed by atoms with E-state index in [4.69, 9.17) is 4.74 Å². The predicted octanol–water partition coefficient (Wildman–Crippen LogP) is 2.81. The molecule has 1 N–H and O–H groups in total. The molecule has 3 aliphatic rings. The van der Waals surface area contributed by atoms with Gasteiger partial charge < -0.3 is 15.0 Å². The Morgan fingerprint density at radius 2 is 1.90 bits per heavy atom. The Morgan fingerprint density at radius 3 is 2.59 bits per heavy atom. The quantitative estimate of drug-likeness (QED) is 0.811. The minimum absolute atomic E-state index is 0. The molecule has 0 bridgehead atoms. The first kappa shape index (κ1) is 21.7. The topological polar surface area (TPSA) is 65.1 Å². The van der Waals surface area contributed by atoms with Crippen molar-refractivity contribution in [2.75, 3.05) is 37.8 Å². The van der Waals surface area contributed by atoms with Crippen molar-refractivity contribution in [2.24, 2.45) is 0 Å². The van der Waals surface area contributed by atoms with Gasteiger partial charge in [-0.2, -0.15) is 0 Å². The summed E-state index contributed by atoms with van der Waals surface area (Å²) in [6.45, 7) is 5.16. The highest BCUT2D eigenvalue weighted by molar-refractivity contribution is 5.93. The number of carbonyl (C=O) groups is 2. The van der Waals surface area contributed by atoms with Crippen LogP contribution in [0.4, 0.5) is 10.5 Å². The molecule has 1 aromatic rings. The molecule has 3 fully saturated rings. The number of nitrogens with zero attached hydrogens (tertiary/aromatic N) is 3. The second kappa shape index (κ2) is 9.22. The van der Waals surface area contributed by atoms with Crippen LogP contribution in [0.15, 0.2) is 30.3 Å². The van der Waals surface area contributed by atoms with Crippen molar-refractivity contribution in [3.63, 3.8) is 0 Å². The van der Waals surface area contributed by atoms with E-state index in [2.05, 4.69) is 27.2 Å². The summed E-state index contributed by atoms with van der Waals surface area (Å²) in [5, 5.41) is 3.05. The lowest BCUT2D eigenvalue weighted by atomic mass is 9.85. The lowest BCUT2D eigenvalue weighted by molar-refractivity contribution is -0.125. The van der Waals surface area contributed by atoms with Gasteiger partial charge >= 0.3 is 6.09 Å². The van der Waals surface area contributed by atoms with Gasteiger partial charge in [0.1, 0.15) is 5.54 Å². The molecular weight excluding hydrogens is 392 g/mol. The second-order valence-corrected chi connectivity index (χ2v) is 7.86. The number of piperidine rings is 2. The van der Waals surface area contributed by atoms with Crippen LogP contribution < -0.4 is 10.2 Å². The maximum atomic E-state index is 12.8. The third-order valence-corrected chi connectivity index (χ3v) is 6.43. The molecule has 0 radical (unpaired) electrons. The molecule has 3 aliphatic heterocycles. The molecule has 1 aromatic carbocycles. The standard InChI is InChI=1S/C21H30N4O3.ClH/c1-2-28-20(27)24-13-7-6-10-18(24)23-14-11-21(12-15-23)19(26)22-16-25(21)17-8-4-3-5-9-17;/h3-5,8-9,18H,2,6-7,10-16H2,1H3,(H,22,26);1H. The van der Waals surface area contributed by atoms with Gasteiger partial charge in [-0.15, -0.1) is 12.4 Å². The van der Waals surface area contributed by atoms with Gasteiger partial charge in [0.25, 0.3) is 0 Å². The van der Waals surface area contributed by atoms with E-state index in [0.717, 1.165) is 57.4 Å². The van der Waals surface area contributed by atoms with Crippen LogP contribution >= 0.6 is 12.4 Å². The fourth-order valence-corrected chi connectivity index (χ4v) is 4.94. The minimum atomic E-state index is -0.485. The molecule has 7 nitrogen and oxygen atoms in total. The molecule has 8 heteroatoms. The summed E-state index contributed by atoms with van der Waals surface area (Å²) in [7, 11) is 0. The van der Waals surface area contributed by atoms with Crippen molar-refractivity contribution < 1.29 is 14.3 Å². The Labute approximate surface area is 178 Å². The third kappa shape index (κ3) is 4.03. The Morgan fingerprint density at radius 1 is 1.17 bits per heavy atom. The molecule has 1 atom stereocenters. The highest BCUT2D eigenvalue weighted by Gasteiger charge is 2.51.